The van der Waals surface area contributed by atoms with Gasteiger partial charge in [0.1, 0.15) is 0 Å². The zero-order chi connectivity index (χ0) is 8.85. The molecule has 0 aliphatic carbocycles. The molecule has 5 nitrogen and oxygen atoms in total. The number of nitrogens with zero attached hydrogens (tertiary/aromatic N) is 1. The highest BCUT2D eigenvalue weighted by Crippen LogP contribution is 1.82. The van der Waals surface area contributed by atoms with Crippen LogP contribution in [0.15, 0.2) is 17.1 Å². The van der Waals surface area contributed by atoms with Crippen molar-refractivity contribution >= 4 is 18.7 Å². The third-order valence-corrected chi connectivity index (χ3v) is 0.814. The molecule has 0 radical (unpaired) electrons. The maximum Gasteiger partial charge on any atom is 0.358 e. The Labute approximate surface area is 64.2 Å². The van der Waals surface area contributed by atoms with E-state index < -0.39 is 11.9 Å². The molecule has 5 heteroatoms. The van der Waals surface area contributed by atoms with Gasteiger partial charge in [-0.25, -0.2) is 15.2 Å². The number of nitrogens with one attached hydrogen (secondary N) is 2. The fourth-order valence-corrected chi connectivity index (χ4v) is 0.256. The molecule has 0 aliphatic rings. The highest BCUT2D eigenvalue weighted by atomic mass is 16.2. The van der Waals surface area contributed by atoms with Gasteiger partial charge in [-0.1, -0.05) is 6.58 Å². The summed E-state index contributed by atoms with van der Waals surface area (Å²) in [5.74, 6) is -0.456. The third-order valence-electron chi connectivity index (χ3n) is 0.814. The molecule has 0 rings (SSSR count). The number of hydrogen-bond acceptors (Lipinski definition) is 2. The van der Waals surface area contributed by atoms with E-state index in [0.29, 0.717) is 5.57 Å². The van der Waals surface area contributed by atoms with Crippen molar-refractivity contribution in [2.24, 2.45) is 4.99 Å². The predicted octanol–water partition coefficient (Wildman–Crippen LogP) is 0.00390. The van der Waals surface area contributed by atoms with E-state index in [-0.39, 0.29) is 0 Å². The van der Waals surface area contributed by atoms with Gasteiger partial charge in [-0.05, 0) is 13.6 Å². The molecule has 0 heterocycles. The predicted molar refractivity (Wildman–Crippen MR) is 41.0 cm³/mol. The van der Waals surface area contributed by atoms with Crippen LogP contribution in [0.25, 0.3) is 0 Å². The highest BCUT2D eigenvalue weighted by molar-refractivity contribution is 5.93. The minimum atomic E-state index is -0.709. The lowest BCUT2D eigenvalue weighted by molar-refractivity contribution is -0.118. The summed E-state index contributed by atoms with van der Waals surface area (Å²) in [6, 6.07) is -0.709. The van der Waals surface area contributed by atoms with Gasteiger partial charge in [0, 0.05) is 5.57 Å². The first-order valence-electron chi connectivity index (χ1n) is 2.80. The number of rotatable bonds is 1. The van der Waals surface area contributed by atoms with Crippen LogP contribution in [0.3, 0.4) is 0 Å². The van der Waals surface area contributed by atoms with E-state index in [1.807, 2.05) is 5.43 Å². The van der Waals surface area contributed by atoms with E-state index in [2.05, 4.69) is 23.7 Å². The lowest BCUT2D eigenvalue weighted by Crippen LogP contribution is -2.40. The van der Waals surface area contributed by atoms with Gasteiger partial charge < -0.3 is 0 Å². The molecular formula is C6H9N3O2. The van der Waals surface area contributed by atoms with Crippen LogP contribution in [-0.2, 0) is 4.79 Å². The van der Waals surface area contributed by atoms with Crippen LogP contribution < -0.4 is 10.9 Å². The lowest BCUT2D eigenvalue weighted by Gasteiger charge is -2.02. The molecule has 0 aliphatic heterocycles. The summed E-state index contributed by atoms with van der Waals surface area (Å²) in [6.45, 7) is 7.81. The number of urea groups is 1. The molecule has 3 amide bonds. The van der Waals surface area contributed by atoms with E-state index in [4.69, 9.17) is 0 Å². The Morgan fingerprint density at radius 3 is 2.27 bits per heavy atom. The minimum Gasteiger partial charge on any atom is -0.268 e. The second-order valence-corrected chi connectivity index (χ2v) is 1.82. The largest absolute Gasteiger partial charge is 0.358 e. The van der Waals surface area contributed by atoms with Gasteiger partial charge in [-0.15, -0.1) is 0 Å². The first-order valence-corrected chi connectivity index (χ1v) is 2.80. The Morgan fingerprint density at radius 2 is 1.91 bits per heavy atom. The van der Waals surface area contributed by atoms with Crippen LogP contribution in [0.4, 0.5) is 4.79 Å². The Balaban J connectivity index is 3.71. The van der Waals surface area contributed by atoms with Crippen molar-refractivity contribution in [2.75, 3.05) is 0 Å². The van der Waals surface area contributed by atoms with Crippen molar-refractivity contribution < 1.29 is 9.59 Å². The van der Waals surface area contributed by atoms with E-state index in [9.17, 15) is 9.59 Å². The van der Waals surface area contributed by atoms with E-state index in [1.165, 1.54) is 6.92 Å². The molecule has 0 aromatic carbocycles. The molecular weight excluding hydrogens is 146 g/mol. The minimum absolute atomic E-state index is 0.300. The Bertz CT molecular complexity index is 210. The third kappa shape index (κ3) is 3.85. The average Bonchev–Trinajstić information content (AvgIpc) is 1.99. The molecule has 0 fully saturated rings. The van der Waals surface area contributed by atoms with E-state index >= 15 is 0 Å². The van der Waals surface area contributed by atoms with Crippen LogP contribution in [0, 0.1) is 0 Å². The number of amides is 3. The van der Waals surface area contributed by atoms with Gasteiger partial charge in [0.05, 0.1) is 0 Å². The summed E-state index contributed by atoms with van der Waals surface area (Å²) in [7, 11) is 0. The maximum atomic E-state index is 10.7. The summed E-state index contributed by atoms with van der Waals surface area (Å²) in [5, 5.41) is 0. The van der Waals surface area contributed by atoms with Crippen LogP contribution in [-0.4, -0.2) is 18.7 Å². The fraction of sp³-hybridized carbons (Fsp3) is 0.167. The van der Waals surface area contributed by atoms with Crippen LogP contribution in [0.2, 0.25) is 0 Å². The first-order chi connectivity index (χ1) is 5.07. The van der Waals surface area contributed by atoms with Gasteiger partial charge in [0.15, 0.2) is 0 Å². The summed E-state index contributed by atoms with van der Waals surface area (Å²) >= 11 is 0. The number of hydrazine groups is 1. The summed E-state index contributed by atoms with van der Waals surface area (Å²) in [5.41, 5.74) is 4.35. The maximum absolute atomic E-state index is 10.7. The molecule has 0 saturated heterocycles. The first kappa shape index (κ1) is 9.35. The second-order valence-electron chi connectivity index (χ2n) is 1.82. The molecule has 60 valence electrons. The summed E-state index contributed by atoms with van der Waals surface area (Å²) in [4.78, 5) is 24.0. The average molecular weight is 155 g/mol. The van der Waals surface area contributed by atoms with Crippen LogP contribution in [0.5, 0.6) is 0 Å². The van der Waals surface area contributed by atoms with Gasteiger partial charge in [-0.2, -0.15) is 0 Å². The number of aliphatic imine (C=N–C) groups is 1. The highest BCUT2D eigenvalue weighted by Gasteiger charge is 2.00. The van der Waals surface area contributed by atoms with Crippen molar-refractivity contribution in [2.45, 2.75) is 6.92 Å². The molecule has 2 N–H and O–H groups in total. The quantitative estimate of drug-likeness (QED) is 0.318. The lowest BCUT2D eigenvalue weighted by atomic mass is 10.3. The van der Waals surface area contributed by atoms with Crippen molar-refractivity contribution in [3.63, 3.8) is 0 Å². The molecule has 0 atom stereocenters. The smallest absolute Gasteiger partial charge is 0.268 e. The Hall–Kier alpha value is -1.65. The normalized spacial score (nSPS) is 8.09. The van der Waals surface area contributed by atoms with Gasteiger partial charge in [-0.3, -0.25) is 10.2 Å². The Kier molecular flexibility index (Phi) is 3.58. The molecule has 0 spiro atoms. The summed E-state index contributed by atoms with van der Waals surface area (Å²) in [6.07, 6.45) is 0. The SMILES string of the molecule is C=NC(=O)NNC(=O)C(=C)C. The fourth-order valence-electron chi connectivity index (χ4n) is 0.256. The van der Waals surface area contributed by atoms with Crippen LogP contribution in [0.1, 0.15) is 6.92 Å². The standard InChI is InChI=1S/C6H9N3O2/c1-4(2)5(10)8-9-6(11)7-3/h1,3H2,2H3,(H,8,10)(H,9,11). The van der Waals surface area contributed by atoms with E-state index in [1.54, 1.807) is 0 Å². The van der Waals surface area contributed by atoms with Gasteiger partial charge >= 0.3 is 6.03 Å². The molecule has 0 aromatic heterocycles. The number of hydrogen-bond donors (Lipinski definition) is 2. The second kappa shape index (κ2) is 4.21. The van der Waals surface area contributed by atoms with Gasteiger partial charge in [0.2, 0.25) is 0 Å². The molecule has 0 saturated carbocycles. The number of carbonyl (C=O) groups is 2. The van der Waals surface area contributed by atoms with E-state index in [0.717, 1.165) is 0 Å². The molecule has 0 aromatic rings. The van der Waals surface area contributed by atoms with Crippen molar-refractivity contribution in [3.05, 3.63) is 12.2 Å². The zero-order valence-electron chi connectivity index (χ0n) is 6.18. The van der Waals surface area contributed by atoms with Crippen molar-refractivity contribution in [1.82, 2.24) is 10.9 Å². The molecule has 0 bridgehead atoms. The zero-order valence-corrected chi connectivity index (χ0v) is 6.18. The Morgan fingerprint density at radius 1 is 1.36 bits per heavy atom. The molecule has 11 heavy (non-hydrogen) atoms. The van der Waals surface area contributed by atoms with Crippen LogP contribution >= 0.6 is 0 Å². The monoisotopic (exact) mass is 155 g/mol. The molecule has 0 unspecified atom stereocenters. The summed E-state index contributed by atoms with van der Waals surface area (Å²) < 4.78 is 0. The van der Waals surface area contributed by atoms with Gasteiger partial charge in [0.25, 0.3) is 5.91 Å². The number of carbonyl (C=O) groups excluding carboxylic acids is 2. The van der Waals surface area contributed by atoms with Crippen molar-refractivity contribution in [1.29, 1.82) is 0 Å². The topological polar surface area (TPSA) is 70.6 Å². The van der Waals surface area contributed by atoms with Crippen molar-refractivity contribution in [3.8, 4) is 0 Å².